The highest BCUT2D eigenvalue weighted by Gasteiger charge is 2.50. The number of benzene rings is 1. The molecule has 0 aliphatic carbocycles. The van der Waals surface area contributed by atoms with Gasteiger partial charge in [0, 0.05) is 20.1 Å². The van der Waals surface area contributed by atoms with Crippen LogP contribution < -0.4 is 0 Å². The summed E-state index contributed by atoms with van der Waals surface area (Å²) in [6, 6.07) is 9.15. The van der Waals surface area contributed by atoms with Gasteiger partial charge in [0.1, 0.15) is 6.79 Å². The van der Waals surface area contributed by atoms with Gasteiger partial charge in [0.25, 0.3) is 5.91 Å². The molecular weight excluding hydrogens is 270 g/mol. The van der Waals surface area contributed by atoms with E-state index >= 15 is 0 Å². The van der Waals surface area contributed by atoms with Crippen LogP contribution >= 0.6 is 0 Å². The Morgan fingerprint density at radius 1 is 1.43 bits per heavy atom. The Bertz CT molecular complexity index is 511. The first-order valence-electron chi connectivity index (χ1n) is 6.75. The van der Waals surface area contributed by atoms with E-state index in [4.69, 9.17) is 15.9 Å². The molecule has 112 valence electrons. The molecule has 1 aromatic rings. The number of terminal acetylenes is 1. The van der Waals surface area contributed by atoms with Crippen LogP contribution in [0.15, 0.2) is 30.3 Å². The number of rotatable bonds is 7. The first-order valence-corrected chi connectivity index (χ1v) is 6.75. The number of hydrogen-bond donors (Lipinski definition) is 1. The van der Waals surface area contributed by atoms with Gasteiger partial charge in [-0.3, -0.25) is 4.79 Å². The fourth-order valence-corrected chi connectivity index (χ4v) is 2.47. The van der Waals surface area contributed by atoms with Gasteiger partial charge in [0.05, 0.1) is 12.1 Å². The van der Waals surface area contributed by atoms with Crippen LogP contribution in [0.1, 0.15) is 12.0 Å². The molecular formula is C16H19NO4. The summed E-state index contributed by atoms with van der Waals surface area (Å²) in [6.45, 7) is 0.502. The maximum Gasteiger partial charge on any atom is 0.254 e. The fourth-order valence-electron chi connectivity index (χ4n) is 2.47. The molecule has 0 bridgehead atoms. The van der Waals surface area contributed by atoms with Crippen molar-refractivity contribution >= 4 is 5.91 Å². The molecule has 5 nitrogen and oxygen atoms in total. The van der Waals surface area contributed by atoms with Crippen molar-refractivity contribution in [2.75, 3.05) is 13.9 Å². The van der Waals surface area contributed by atoms with Crippen molar-refractivity contribution in [3.05, 3.63) is 35.9 Å². The number of nitrogens with zero attached hydrogens (tertiary/aromatic N) is 1. The van der Waals surface area contributed by atoms with Crippen LogP contribution in [0.3, 0.4) is 0 Å². The molecule has 1 saturated heterocycles. The van der Waals surface area contributed by atoms with E-state index in [2.05, 4.69) is 5.92 Å². The molecule has 1 N–H and O–H groups in total. The molecule has 5 heteroatoms. The van der Waals surface area contributed by atoms with Crippen LogP contribution in [0.5, 0.6) is 0 Å². The summed E-state index contributed by atoms with van der Waals surface area (Å²) in [5, 5.41) is 9.94. The summed E-state index contributed by atoms with van der Waals surface area (Å²) in [5.74, 6) is 2.22. The average Bonchev–Trinajstić information content (AvgIpc) is 2.52. The number of hydrogen-bond acceptors (Lipinski definition) is 4. The van der Waals surface area contributed by atoms with Gasteiger partial charge in [0.15, 0.2) is 6.10 Å². The predicted molar refractivity (Wildman–Crippen MR) is 77.0 cm³/mol. The lowest BCUT2D eigenvalue weighted by Crippen LogP contribution is -2.68. The van der Waals surface area contributed by atoms with E-state index in [0.29, 0.717) is 13.0 Å². The summed E-state index contributed by atoms with van der Waals surface area (Å²) >= 11 is 0. The molecule has 1 aliphatic heterocycles. The SMILES string of the molecule is C#CC[C@@H](OCOC)[C@H]1[C@@H](O)C(=O)N1Cc1ccccc1. The molecule has 0 radical (unpaired) electrons. The molecule has 1 amide bonds. The van der Waals surface area contributed by atoms with Gasteiger partial charge in [-0.1, -0.05) is 30.3 Å². The van der Waals surface area contributed by atoms with Gasteiger partial charge in [-0.05, 0) is 5.56 Å². The molecule has 0 saturated carbocycles. The van der Waals surface area contributed by atoms with Crippen molar-refractivity contribution in [1.29, 1.82) is 0 Å². The van der Waals surface area contributed by atoms with Crippen molar-refractivity contribution in [1.82, 2.24) is 4.90 Å². The minimum atomic E-state index is -1.07. The van der Waals surface area contributed by atoms with Crippen LogP contribution in [0, 0.1) is 12.3 Å². The third kappa shape index (κ3) is 3.42. The van der Waals surface area contributed by atoms with E-state index in [1.165, 1.54) is 7.11 Å². The van der Waals surface area contributed by atoms with Crippen molar-refractivity contribution < 1.29 is 19.4 Å². The van der Waals surface area contributed by atoms with Gasteiger partial charge in [-0.2, -0.15) is 0 Å². The maximum absolute atomic E-state index is 11.9. The standard InChI is InChI=1S/C16H19NO4/c1-3-7-13(21-11-20-2)14-15(18)16(19)17(14)10-12-8-5-4-6-9-12/h1,4-6,8-9,13-15,18H,7,10-11H2,2H3/t13-,14+,15-/m1/s1. The monoisotopic (exact) mass is 289 g/mol. The summed E-state index contributed by atoms with van der Waals surface area (Å²) in [6.07, 6.45) is 4.14. The smallest absolute Gasteiger partial charge is 0.254 e. The van der Waals surface area contributed by atoms with Gasteiger partial charge in [-0.25, -0.2) is 0 Å². The number of carbonyl (C=O) groups is 1. The van der Waals surface area contributed by atoms with E-state index in [-0.39, 0.29) is 12.7 Å². The van der Waals surface area contributed by atoms with Crippen molar-refractivity contribution in [2.24, 2.45) is 0 Å². The third-order valence-corrected chi connectivity index (χ3v) is 3.52. The third-order valence-electron chi connectivity index (χ3n) is 3.52. The number of methoxy groups -OCH3 is 1. The Morgan fingerprint density at radius 2 is 2.14 bits per heavy atom. The van der Waals surface area contributed by atoms with E-state index in [0.717, 1.165) is 5.56 Å². The number of ether oxygens (including phenoxy) is 2. The highest BCUT2D eigenvalue weighted by Crippen LogP contribution is 2.28. The number of likely N-dealkylation sites (tertiary alicyclic amines) is 1. The number of β-lactam (4-membered cyclic amide) rings is 1. The molecule has 21 heavy (non-hydrogen) atoms. The van der Waals surface area contributed by atoms with Crippen molar-refractivity contribution in [3.63, 3.8) is 0 Å². The highest BCUT2D eigenvalue weighted by molar-refractivity contribution is 5.88. The Hall–Kier alpha value is -1.87. The Labute approximate surface area is 124 Å². The van der Waals surface area contributed by atoms with Gasteiger partial charge >= 0.3 is 0 Å². The van der Waals surface area contributed by atoms with Crippen LogP contribution in [0.25, 0.3) is 0 Å². The molecule has 0 spiro atoms. The first-order chi connectivity index (χ1) is 10.2. The second-order valence-corrected chi connectivity index (χ2v) is 4.91. The van der Waals surface area contributed by atoms with E-state index in [1.807, 2.05) is 30.3 Å². The zero-order valence-electron chi connectivity index (χ0n) is 11.9. The van der Waals surface area contributed by atoms with Crippen molar-refractivity contribution in [2.45, 2.75) is 31.2 Å². The maximum atomic E-state index is 11.9. The molecule has 3 atom stereocenters. The van der Waals surface area contributed by atoms with E-state index in [9.17, 15) is 9.90 Å². The summed E-state index contributed by atoms with van der Waals surface area (Å²) in [5.41, 5.74) is 0.994. The summed E-state index contributed by atoms with van der Waals surface area (Å²) in [7, 11) is 1.51. The highest BCUT2D eigenvalue weighted by atomic mass is 16.7. The van der Waals surface area contributed by atoms with Crippen LogP contribution in [0.4, 0.5) is 0 Å². The summed E-state index contributed by atoms with van der Waals surface area (Å²) in [4.78, 5) is 13.5. The van der Waals surface area contributed by atoms with Crippen molar-refractivity contribution in [3.8, 4) is 12.3 Å². The first kappa shape index (κ1) is 15.5. The number of amides is 1. The summed E-state index contributed by atoms with van der Waals surface area (Å²) < 4.78 is 10.4. The molecule has 1 heterocycles. The lowest BCUT2D eigenvalue weighted by molar-refractivity contribution is -0.189. The fraction of sp³-hybridized carbons (Fsp3) is 0.438. The number of aliphatic hydroxyl groups is 1. The minimum absolute atomic E-state index is 0.0724. The quantitative estimate of drug-likeness (QED) is 0.458. The zero-order chi connectivity index (χ0) is 15.2. The largest absolute Gasteiger partial charge is 0.381 e. The molecule has 0 aromatic heterocycles. The molecule has 1 aliphatic rings. The average molecular weight is 289 g/mol. The van der Waals surface area contributed by atoms with Crippen LogP contribution in [-0.2, 0) is 20.8 Å². The lowest BCUT2D eigenvalue weighted by Gasteiger charge is -2.47. The van der Waals surface area contributed by atoms with Crippen LogP contribution in [0.2, 0.25) is 0 Å². The normalized spacial score (nSPS) is 22.5. The van der Waals surface area contributed by atoms with Gasteiger partial charge in [-0.15, -0.1) is 12.3 Å². The Kier molecular flexibility index (Phi) is 5.34. The zero-order valence-corrected chi connectivity index (χ0v) is 11.9. The molecule has 1 fully saturated rings. The second kappa shape index (κ2) is 7.23. The van der Waals surface area contributed by atoms with E-state index in [1.54, 1.807) is 4.90 Å². The molecule has 2 rings (SSSR count). The number of carbonyl (C=O) groups excluding carboxylic acids is 1. The van der Waals surface area contributed by atoms with Gasteiger partial charge in [0.2, 0.25) is 0 Å². The Morgan fingerprint density at radius 3 is 2.76 bits per heavy atom. The molecule has 0 unspecified atom stereocenters. The lowest BCUT2D eigenvalue weighted by atomic mass is 9.90. The number of aliphatic hydroxyl groups excluding tert-OH is 1. The van der Waals surface area contributed by atoms with Crippen LogP contribution in [-0.4, -0.2) is 48.1 Å². The Balaban J connectivity index is 2.08. The second-order valence-electron chi connectivity index (χ2n) is 4.91. The minimum Gasteiger partial charge on any atom is -0.381 e. The van der Waals surface area contributed by atoms with Gasteiger partial charge < -0.3 is 19.5 Å². The molecule has 1 aromatic carbocycles. The topological polar surface area (TPSA) is 59.0 Å². The van der Waals surface area contributed by atoms with E-state index < -0.39 is 18.2 Å². The predicted octanol–water partition coefficient (Wildman–Crippen LogP) is 0.771.